The Balaban J connectivity index is 1.56. The Morgan fingerprint density at radius 2 is 1.22 bits per heavy atom. The Morgan fingerprint density at radius 1 is 0.711 bits per heavy atom. The molecule has 0 aliphatic carbocycles. The van der Waals surface area contributed by atoms with Gasteiger partial charge in [0.25, 0.3) is 0 Å². The second kappa shape index (κ2) is 15.8. The highest BCUT2D eigenvalue weighted by atomic mass is 31.2. The van der Waals surface area contributed by atoms with Crippen molar-refractivity contribution in [1.82, 2.24) is 10.6 Å². The molecule has 0 bridgehead atoms. The van der Waals surface area contributed by atoms with E-state index >= 15 is 0 Å². The Kier molecular flexibility index (Phi) is 11.7. The van der Waals surface area contributed by atoms with Gasteiger partial charge in [0.15, 0.2) is 0 Å². The highest BCUT2D eigenvalue weighted by molar-refractivity contribution is 7.58. The lowest BCUT2D eigenvalue weighted by atomic mass is 9.97. The molecule has 234 valence electrons. The molecule has 0 saturated carbocycles. The third-order valence-corrected chi connectivity index (χ3v) is 9.63. The molecule has 0 fully saturated rings. The number of aliphatic carboxylic acids is 1. The van der Waals surface area contributed by atoms with Crippen molar-refractivity contribution < 1.29 is 33.7 Å². The van der Waals surface area contributed by atoms with Gasteiger partial charge in [0.2, 0.25) is 13.3 Å². The van der Waals surface area contributed by atoms with Crippen LogP contribution in [0.4, 0.5) is 4.79 Å². The third-order valence-electron chi connectivity index (χ3n) is 7.38. The Hall–Kier alpha value is -4.72. The summed E-state index contributed by atoms with van der Waals surface area (Å²) < 4.78 is 19.4. The van der Waals surface area contributed by atoms with Gasteiger partial charge in [-0.1, -0.05) is 115 Å². The van der Waals surface area contributed by atoms with Crippen LogP contribution in [-0.2, 0) is 38.3 Å². The van der Waals surface area contributed by atoms with Crippen LogP contribution >= 0.6 is 7.37 Å². The zero-order valence-electron chi connectivity index (χ0n) is 24.9. The van der Waals surface area contributed by atoms with Crippen molar-refractivity contribution in [2.24, 2.45) is 5.92 Å². The topological polar surface area (TPSA) is 142 Å². The predicted octanol–water partition coefficient (Wildman–Crippen LogP) is 5.87. The highest BCUT2D eigenvalue weighted by Crippen LogP contribution is 2.48. The molecule has 10 heteroatoms. The van der Waals surface area contributed by atoms with Gasteiger partial charge in [-0.2, -0.15) is 0 Å². The van der Waals surface area contributed by atoms with E-state index in [1.165, 1.54) is 6.92 Å². The number of ether oxygens (including phenoxy) is 1. The van der Waals surface area contributed by atoms with Gasteiger partial charge in [-0.3, -0.25) is 14.2 Å². The van der Waals surface area contributed by atoms with Gasteiger partial charge in [0, 0.05) is 12.6 Å². The fourth-order valence-electron chi connectivity index (χ4n) is 4.86. The van der Waals surface area contributed by atoms with Gasteiger partial charge in [0.1, 0.15) is 18.4 Å². The van der Waals surface area contributed by atoms with E-state index in [4.69, 9.17) is 4.74 Å². The number of benzene rings is 4. The molecule has 0 aliphatic rings. The van der Waals surface area contributed by atoms with Gasteiger partial charge >= 0.3 is 12.1 Å². The molecule has 4 atom stereocenters. The Morgan fingerprint density at radius 3 is 1.80 bits per heavy atom. The molecule has 0 spiro atoms. The fourth-order valence-corrected chi connectivity index (χ4v) is 6.84. The van der Waals surface area contributed by atoms with E-state index < -0.39 is 49.2 Å². The number of alkyl carbamates (subject to hydrolysis) is 1. The number of hydrogen-bond donors (Lipinski definition) is 4. The number of hydrogen-bond acceptors (Lipinski definition) is 5. The lowest BCUT2D eigenvalue weighted by Crippen LogP contribution is -2.44. The molecule has 4 N–H and O–H groups in total. The smallest absolute Gasteiger partial charge is 0.408 e. The Labute approximate surface area is 262 Å². The lowest BCUT2D eigenvalue weighted by Gasteiger charge is -2.28. The van der Waals surface area contributed by atoms with Crippen LogP contribution in [0.1, 0.15) is 23.6 Å². The van der Waals surface area contributed by atoms with Crippen LogP contribution in [0.5, 0.6) is 0 Å². The molecule has 4 aromatic carbocycles. The molecule has 4 aromatic rings. The first-order chi connectivity index (χ1) is 21.6. The summed E-state index contributed by atoms with van der Waals surface area (Å²) in [6.45, 7) is 1.30. The number of carboxylic acids is 1. The summed E-state index contributed by atoms with van der Waals surface area (Å²) in [5.41, 5.74) is 4.17. The van der Waals surface area contributed by atoms with Crippen LogP contribution in [0.15, 0.2) is 115 Å². The summed E-state index contributed by atoms with van der Waals surface area (Å²) >= 11 is 0. The van der Waals surface area contributed by atoms with E-state index in [0.717, 1.165) is 22.3 Å². The van der Waals surface area contributed by atoms with Crippen molar-refractivity contribution in [3.8, 4) is 11.1 Å². The highest BCUT2D eigenvalue weighted by Gasteiger charge is 2.38. The average Bonchev–Trinajstić information content (AvgIpc) is 3.04. The van der Waals surface area contributed by atoms with Gasteiger partial charge < -0.3 is 25.4 Å². The number of rotatable bonds is 14. The standard InChI is InChI=1S/C35H37N2O7P/c1-25(34(39)40)36-33(38)31(21-27-17-19-30(20-18-27)29-15-9-4-10-16-29)24-45(42,43)32(22-26-11-5-2-6-12-26)37-35(41)44-23-28-13-7-3-8-14-28/h2-20,25,31-32H,21-24H2,1H3,(H,36,38)(H,37,41)(H,39,40)(H,42,43)/t25-,31?,32+/m0/s1. The van der Waals surface area contributed by atoms with Crippen LogP contribution < -0.4 is 10.6 Å². The molecule has 0 aliphatic heterocycles. The zero-order valence-corrected chi connectivity index (χ0v) is 25.8. The second-order valence-corrected chi connectivity index (χ2v) is 13.4. The summed E-state index contributed by atoms with van der Waals surface area (Å²) in [4.78, 5) is 49.2. The molecular weight excluding hydrogens is 591 g/mol. The fraction of sp³-hybridized carbons (Fsp3) is 0.229. The van der Waals surface area contributed by atoms with E-state index in [1.54, 1.807) is 36.4 Å². The molecule has 2 amide bonds. The van der Waals surface area contributed by atoms with Crippen LogP contribution in [0, 0.1) is 5.92 Å². The van der Waals surface area contributed by atoms with Crippen LogP contribution in [0.3, 0.4) is 0 Å². The molecule has 45 heavy (non-hydrogen) atoms. The average molecular weight is 629 g/mol. The number of nitrogens with one attached hydrogen (secondary N) is 2. The predicted molar refractivity (Wildman–Crippen MR) is 173 cm³/mol. The largest absolute Gasteiger partial charge is 0.480 e. The number of carboxylic acid groups (broad SMARTS) is 1. The molecular formula is C35H37N2O7P. The Bertz CT molecular complexity index is 1600. The first-order valence-corrected chi connectivity index (χ1v) is 16.5. The van der Waals surface area contributed by atoms with Gasteiger partial charge in [-0.15, -0.1) is 0 Å². The van der Waals surface area contributed by atoms with Gasteiger partial charge in [-0.05, 0) is 41.2 Å². The molecule has 4 rings (SSSR count). The molecule has 2 unspecified atom stereocenters. The van der Waals surface area contributed by atoms with E-state index in [2.05, 4.69) is 10.6 Å². The monoisotopic (exact) mass is 628 g/mol. The minimum Gasteiger partial charge on any atom is -0.480 e. The summed E-state index contributed by atoms with van der Waals surface area (Å²) in [5.74, 6) is -4.23. The van der Waals surface area contributed by atoms with Crippen LogP contribution in [0.25, 0.3) is 11.1 Å². The maximum atomic E-state index is 14.1. The number of carbonyl (C=O) groups excluding carboxylic acids is 2. The summed E-state index contributed by atoms with van der Waals surface area (Å²) in [5, 5.41) is 14.4. The molecule has 0 heterocycles. The van der Waals surface area contributed by atoms with Gasteiger partial charge in [0.05, 0.1) is 5.92 Å². The van der Waals surface area contributed by atoms with E-state index in [9.17, 15) is 28.9 Å². The van der Waals surface area contributed by atoms with E-state index in [0.29, 0.717) is 5.56 Å². The SMILES string of the molecule is C[C@H](NC(=O)C(Cc1ccc(-c2ccccc2)cc1)CP(=O)(O)[C@H](Cc1ccccc1)NC(=O)OCc1ccccc1)C(=O)O. The summed E-state index contributed by atoms with van der Waals surface area (Å²) in [7, 11) is -4.31. The van der Waals surface area contributed by atoms with Crippen molar-refractivity contribution in [1.29, 1.82) is 0 Å². The number of amides is 2. The van der Waals surface area contributed by atoms with Crippen molar-refractivity contribution in [3.05, 3.63) is 132 Å². The van der Waals surface area contributed by atoms with Crippen molar-refractivity contribution in [3.63, 3.8) is 0 Å². The first-order valence-electron chi connectivity index (χ1n) is 14.6. The minimum absolute atomic E-state index is 0.0146. The second-order valence-electron chi connectivity index (χ2n) is 10.9. The number of carbonyl (C=O) groups is 3. The van der Waals surface area contributed by atoms with Crippen molar-refractivity contribution in [2.45, 2.75) is 38.2 Å². The van der Waals surface area contributed by atoms with Crippen molar-refractivity contribution in [2.75, 3.05) is 6.16 Å². The summed E-state index contributed by atoms with van der Waals surface area (Å²) in [6, 6.07) is 34.0. The maximum Gasteiger partial charge on any atom is 0.408 e. The van der Waals surface area contributed by atoms with Crippen LogP contribution in [0.2, 0.25) is 0 Å². The first kappa shape index (κ1) is 33.2. The van der Waals surface area contributed by atoms with E-state index in [-0.39, 0.29) is 19.4 Å². The molecule has 9 nitrogen and oxygen atoms in total. The normalized spacial score (nSPS) is 14.3. The lowest BCUT2D eigenvalue weighted by molar-refractivity contribution is -0.141. The molecule has 0 saturated heterocycles. The maximum absolute atomic E-state index is 14.1. The zero-order chi connectivity index (χ0) is 32.2. The molecule has 0 radical (unpaired) electrons. The van der Waals surface area contributed by atoms with Crippen LogP contribution in [-0.4, -0.2) is 46.0 Å². The minimum atomic E-state index is -4.31. The van der Waals surface area contributed by atoms with Crippen molar-refractivity contribution >= 4 is 25.3 Å². The quantitative estimate of drug-likeness (QED) is 0.128. The van der Waals surface area contributed by atoms with E-state index in [1.807, 2.05) is 78.9 Å². The molecule has 0 aromatic heterocycles. The summed E-state index contributed by atoms with van der Waals surface area (Å²) in [6.07, 6.45) is -1.28. The van der Waals surface area contributed by atoms with Gasteiger partial charge in [-0.25, -0.2) is 4.79 Å². The third kappa shape index (κ3) is 10.2.